The summed E-state index contributed by atoms with van der Waals surface area (Å²) < 4.78 is 27.4. The van der Waals surface area contributed by atoms with Gasteiger partial charge < -0.3 is 0 Å². The Morgan fingerprint density at radius 3 is 2.56 bits per heavy atom. The van der Waals surface area contributed by atoms with E-state index >= 15 is 0 Å². The Balaban J connectivity index is 1.78. The minimum absolute atomic E-state index is 0.0593. The predicted molar refractivity (Wildman–Crippen MR) is 106 cm³/mol. The maximum absolute atomic E-state index is 12.6. The number of nitrogens with zero attached hydrogens (tertiary/aromatic N) is 2. The highest BCUT2D eigenvalue weighted by molar-refractivity contribution is 7.94. The summed E-state index contributed by atoms with van der Waals surface area (Å²) in [5.74, 6) is -0.495. The minimum atomic E-state index is -3.92. The molecule has 10 heteroatoms. The Morgan fingerprint density at radius 1 is 1.11 bits per heavy atom. The van der Waals surface area contributed by atoms with E-state index in [0.29, 0.717) is 12.1 Å². The van der Waals surface area contributed by atoms with Crippen molar-refractivity contribution in [1.82, 2.24) is 10.2 Å². The maximum Gasteiger partial charge on any atom is 0.291 e. The molecule has 0 aliphatic rings. The van der Waals surface area contributed by atoms with Gasteiger partial charge in [-0.1, -0.05) is 60.2 Å². The van der Waals surface area contributed by atoms with Crippen molar-refractivity contribution in [3.8, 4) is 0 Å². The van der Waals surface area contributed by atoms with Crippen LogP contribution in [0.1, 0.15) is 22.8 Å². The highest BCUT2D eigenvalue weighted by Gasteiger charge is 2.22. The zero-order valence-electron chi connectivity index (χ0n) is 14.1. The normalized spacial score (nSPS) is 11.2. The average molecular weight is 423 g/mol. The number of hydrogen-bond donors (Lipinski definition) is 2. The maximum atomic E-state index is 12.6. The van der Waals surface area contributed by atoms with Crippen molar-refractivity contribution in [1.29, 1.82) is 0 Å². The zero-order chi connectivity index (χ0) is 19.4. The Kier molecular flexibility index (Phi) is 5.73. The number of halogens is 1. The van der Waals surface area contributed by atoms with Gasteiger partial charge in [0, 0.05) is 0 Å². The van der Waals surface area contributed by atoms with Gasteiger partial charge in [0.1, 0.15) is 0 Å². The monoisotopic (exact) mass is 422 g/mol. The van der Waals surface area contributed by atoms with E-state index in [2.05, 4.69) is 20.2 Å². The lowest BCUT2D eigenvalue weighted by molar-refractivity contribution is 0.102. The van der Waals surface area contributed by atoms with Crippen LogP contribution in [0, 0.1) is 0 Å². The van der Waals surface area contributed by atoms with Crippen molar-refractivity contribution in [3.05, 3.63) is 64.7 Å². The number of amides is 1. The number of para-hydroxylation sites is 1. The Bertz CT molecular complexity index is 1080. The van der Waals surface area contributed by atoms with Gasteiger partial charge in [0.2, 0.25) is 5.13 Å². The molecule has 2 N–H and O–H groups in total. The van der Waals surface area contributed by atoms with Crippen LogP contribution >= 0.6 is 22.9 Å². The molecule has 0 unspecified atom stereocenters. The van der Waals surface area contributed by atoms with E-state index in [9.17, 15) is 13.2 Å². The summed E-state index contributed by atoms with van der Waals surface area (Å²) in [5, 5.41) is 10.3. The molecular weight excluding hydrogens is 408 g/mol. The SMILES string of the molecule is CCc1ccccc1NS(=O)(=O)c1nnc(NC(=O)c2ccccc2Cl)s1. The van der Waals surface area contributed by atoms with Crippen molar-refractivity contribution in [2.75, 3.05) is 10.0 Å². The first-order valence-electron chi connectivity index (χ1n) is 7.91. The Labute approximate surface area is 165 Å². The highest BCUT2D eigenvalue weighted by atomic mass is 35.5. The molecule has 1 heterocycles. The Morgan fingerprint density at radius 2 is 1.81 bits per heavy atom. The molecule has 0 aliphatic heterocycles. The molecule has 1 amide bonds. The summed E-state index contributed by atoms with van der Waals surface area (Å²) in [6.07, 6.45) is 0.675. The number of carbonyl (C=O) groups is 1. The van der Waals surface area contributed by atoms with E-state index in [1.54, 1.807) is 36.4 Å². The van der Waals surface area contributed by atoms with Crippen LogP contribution in [-0.4, -0.2) is 24.5 Å². The number of aryl methyl sites for hydroxylation is 1. The summed E-state index contributed by atoms with van der Waals surface area (Å²) in [4.78, 5) is 12.2. The van der Waals surface area contributed by atoms with Gasteiger partial charge >= 0.3 is 0 Å². The molecule has 3 aromatic rings. The predicted octanol–water partition coefficient (Wildman–Crippen LogP) is 3.81. The van der Waals surface area contributed by atoms with Crippen molar-refractivity contribution in [3.63, 3.8) is 0 Å². The molecule has 27 heavy (non-hydrogen) atoms. The fourth-order valence-electron chi connectivity index (χ4n) is 2.30. The number of rotatable bonds is 6. The highest BCUT2D eigenvalue weighted by Crippen LogP contribution is 2.25. The lowest BCUT2D eigenvalue weighted by atomic mass is 10.1. The molecule has 3 rings (SSSR count). The molecule has 1 aromatic heterocycles. The van der Waals surface area contributed by atoms with Gasteiger partial charge in [0.15, 0.2) is 0 Å². The van der Waals surface area contributed by atoms with Crippen molar-refractivity contribution in [2.45, 2.75) is 17.7 Å². The molecule has 0 saturated carbocycles. The van der Waals surface area contributed by atoms with E-state index < -0.39 is 15.9 Å². The second-order valence-electron chi connectivity index (χ2n) is 5.42. The van der Waals surface area contributed by atoms with Crippen molar-refractivity contribution >= 4 is 49.7 Å². The molecule has 0 bridgehead atoms. The molecule has 0 fully saturated rings. The van der Waals surface area contributed by atoms with Gasteiger partial charge in [-0.3, -0.25) is 14.8 Å². The summed E-state index contributed by atoms with van der Waals surface area (Å²) in [6, 6.07) is 13.6. The average Bonchev–Trinajstić information content (AvgIpc) is 3.11. The Hall–Kier alpha value is -2.49. The number of nitrogens with one attached hydrogen (secondary N) is 2. The van der Waals surface area contributed by atoms with E-state index in [1.165, 1.54) is 0 Å². The van der Waals surface area contributed by atoms with E-state index in [1.807, 2.05) is 19.1 Å². The molecule has 0 atom stereocenters. The van der Waals surface area contributed by atoms with Crippen LogP contribution in [0.15, 0.2) is 52.9 Å². The minimum Gasteiger partial charge on any atom is -0.296 e. The fourth-order valence-corrected chi connectivity index (χ4v) is 4.51. The lowest BCUT2D eigenvalue weighted by Crippen LogP contribution is -2.14. The first-order valence-corrected chi connectivity index (χ1v) is 10.6. The summed E-state index contributed by atoms with van der Waals surface area (Å²) >= 11 is 6.74. The van der Waals surface area contributed by atoms with Gasteiger partial charge in [-0.2, -0.15) is 8.42 Å². The summed E-state index contributed by atoms with van der Waals surface area (Å²) in [7, 11) is -3.92. The number of sulfonamides is 1. The van der Waals surface area contributed by atoms with Crippen LogP contribution < -0.4 is 10.0 Å². The molecule has 140 valence electrons. The molecule has 0 aliphatic carbocycles. The number of benzene rings is 2. The largest absolute Gasteiger partial charge is 0.296 e. The van der Waals surface area contributed by atoms with E-state index in [-0.39, 0.29) is 20.1 Å². The van der Waals surface area contributed by atoms with E-state index in [0.717, 1.165) is 16.9 Å². The van der Waals surface area contributed by atoms with Crippen molar-refractivity contribution < 1.29 is 13.2 Å². The molecule has 0 saturated heterocycles. The van der Waals surface area contributed by atoms with Crippen LogP contribution in [0.2, 0.25) is 5.02 Å². The first kappa shape index (κ1) is 19.3. The first-order chi connectivity index (χ1) is 12.9. The molecule has 2 aromatic carbocycles. The number of anilines is 2. The third kappa shape index (κ3) is 4.44. The third-order valence-corrected chi connectivity index (χ3v) is 6.52. The zero-order valence-corrected chi connectivity index (χ0v) is 16.5. The van der Waals surface area contributed by atoms with Crippen LogP contribution in [0.4, 0.5) is 10.8 Å². The van der Waals surface area contributed by atoms with Crippen LogP contribution in [0.3, 0.4) is 0 Å². The molecular formula is C17H15ClN4O3S2. The number of hydrogen-bond acceptors (Lipinski definition) is 6. The van der Waals surface area contributed by atoms with Gasteiger partial charge in [-0.05, 0) is 30.2 Å². The lowest BCUT2D eigenvalue weighted by Gasteiger charge is -2.09. The van der Waals surface area contributed by atoms with Crippen LogP contribution in [0.25, 0.3) is 0 Å². The molecule has 0 radical (unpaired) electrons. The summed E-state index contributed by atoms with van der Waals surface area (Å²) in [5.41, 5.74) is 1.60. The van der Waals surface area contributed by atoms with Crippen LogP contribution in [-0.2, 0) is 16.4 Å². The van der Waals surface area contributed by atoms with Crippen LogP contribution in [0.5, 0.6) is 0 Å². The topological polar surface area (TPSA) is 101 Å². The fraction of sp³-hybridized carbons (Fsp3) is 0.118. The summed E-state index contributed by atoms with van der Waals surface area (Å²) in [6.45, 7) is 1.93. The van der Waals surface area contributed by atoms with Crippen molar-refractivity contribution in [2.24, 2.45) is 0 Å². The number of carbonyl (C=O) groups excluding carboxylic acids is 1. The third-order valence-electron chi connectivity index (χ3n) is 3.62. The number of aromatic nitrogens is 2. The van der Waals surface area contributed by atoms with Gasteiger partial charge in [0.05, 0.1) is 16.3 Å². The van der Waals surface area contributed by atoms with Gasteiger partial charge in [0.25, 0.3) is 20.3 Å². The smallest absolute Gasteiger partial charge is 0.291 e. The van der Waals surface area contributed by atoms with Gasteiger partial charge in [-0.15, -0.1) is 10.2 Å². The second-order valence-corrected chi connectivity index (χ2v) is 8.66. The van der Waals surface area contributed by atoms with Gasteiger partial charge in [-0.25, -0.2) is 0 Å². The second kappa shape index (κ2) is 8.03. The van der Waals surface area contributed by atoms with E-state index in [4.69, 9.17) is 11.6 Å². The molecule has 7 nitrogen and oxygen atoms in total. The molecule has 0 spiro atoms. The quantitative estimate of drug-likeness (QED) is 0.588. The standard InChI is InChI=1S/C17H15ClN4O3S2/c1-2-11-7-3-6-10-14(11)22-27(24,25)17-21-20-16(26-17)19-15(23)12-8-4-5-9-13(12)18/h3-10,22H,2H2,1H3,(H,19,20,23).